The Balaban J connectivity index is 2.32. The van der Waals surface area contributed by atoms with E-state index in [2.05, 4.69) is 0 Å². The fraction of sp³-hybridized carbons (Fsp3) is 0.188. The molecule has 2 aromatic rings. The molecule has 0 aromatic heterocycles. The van der Waals surface area contributed by atoms with E-state index in [0.29, 0.717) is 22.0 Å². The second kappa shape index (κ2) is 5.97. The topological polar surface area (TPSA) is 52.3 Å². The molecule has 3 nitrogen and oxygen atoms in total. The third-order valence-corrected chi connectivity index (χ3v) is 3.34. The Hall–Kier alpha value is -2.00. The molecule has 0 saturated heterocycles. The Bertz CT molecular complexity index is 653. The summed E-state index contributed by atoms with van der Waals surface area (Å²) in [6.07, 6.45) is 0.206. The highest BCUT2D eigenvalue weighted by atomic mass is 35.5. The van der Waals surface area contributed by atoms with Crippen LogP contribution >= 0.6 is 11.6 Å². The summed E-state index contributed by atoms with van der Waals surface area (Å²) in [5.74, 6) is 0.598. The highest BCUT2D eigenvalue weighted by Gasteiger charge is 2.14. The number of halogens is 1. The van der Waals surface area contributed by atoms with Crippen LogP contribution in [0.3, 0.4) is 0 Å². The average Bonchev–Trinajstić information content (AvgIpc) is 2.41. The SMILES string of the molecule is COc1ccc(Cl)cc1CC(=O)c1cc(C)ccc1N. The number of methoxy groups -OCH3 is 1. The lowest BCUT2D eigenvalue weighted by Gasteiger charge is -2.10. The predicted octanol–water partition coefficient (Wildman–Crippen LogP) is 3.66. The van der Waals surface area contributed by atoms with E-state index in [0.717, 1.165) is 11.1 Å². The van der Waals surface area contributed by atoms with Crippen LogP contribution in [-0.2, 0) is 6.42 Å². The van der Waals surface area contributed by atoms with Gasteiger partial charge in [0.25, 0.3) is 0 Å². The third kappa shape index (κ3) is 3.11. The number of ether oxygens (including phenoxy) is 1. The molecule has 4 heteroatoms. The van der Waals surface area contributed by atoms with Crippen molar-refractivity contribution in [1.82, 2.24) is 0 Å². The summed E-state index contributed by atoms with van der Waals surface area (Å²) in [6.45, 7) is 1.93. The van der Waals surface area contributed by atoms with Gasteiger partial charge in [-0.2, -0.15) is 0 Å². The molecule has 0 fully saturated rings. The van der Waals surface area contributed by atoms with Gasteiger partial charge < -0.3 is 10.5 Å². The summed E-state index contributed by atoms with van der Waals surface area (Å²) < 4.78 is 5.25. The molecule has 2 rings (SSSR count). The molecular weight excluding hydrogens is 274 g/mol. The standard InChI is InChI=1S/C16H16ClNO2/c1-10-3-5-14(18)13(7-10)15(19)9-11-8-12(17)4-6-16(11)20-2/h3-8H,9,18H2,1-2H3. The molecule has 0 aliphatic carbocycles. The molecule has 104 valence electrons. The molecular formula is C16H16ClNO2. The van der Waals surface area contributed by atoms with Crippen molar-refractivity contribution in [2.45, 2.75) is 13.3 Å². The number of anilines is 1. The van der Waals surface area contributed by atoms with Gasteiger partial charge in [0.1, 0.15) is 5.75 Å². The van der Waals surface area contributed by atoms with Crippen molar-refractivity contribution in [3.8, 4) is 5.75 Å². The van der Waals surface area contributed by atoms with E-state index in [4.69, 9.17) is 22.1 Å². The number of hydrogen-bond donors (Lipinski definition) is 1. The zero-order valence-electron chi connectivity index (χ0n) is 11.4. The second-order valence-electron chi connectivity index (χ2n) is 4.65. The first-order valence-electron chi connectivity index (χ1n) is 6.23. The Morgan fingerprint density at radius 1 is 1.25 bits per heavy atom. The Morgan fingerprint density at radius 3 is 2.70 bits per heavy atom. The van der Waals surface area contributed by atoms with Gasteiger partial charge in [-0.3, -0.25) is 4.79 Å². The molecule has 0 heterocycles. The van der Waals surface area contributed by atoms with Crippen LogP contribution < -0.4 is 10.5 Å². The lowest BCUT2D eigenvalue weighted by molar-refractivity contribution is 0.0993. The number of carbonyl (C=O) groups excluding carboxylic acids is 1. The number of ketones is 1. The maximum atomic E-state index is 12.4. The number of Topliss-reactive ketones (excluding diaryl/α,β-unsaturated/α-hetero) is 1. The highest BCUT2D eigenvalue weighted by Crippen LogP contribution is 2.25. The molecule has 20 heavy (non-hydrogen) atoms. The lowest BCUT2D eigenvalue weighted by Crippen LogP contribution is -2.08. The Kier molecular flexibility index (Phi) is 4.30. The van der Waals surface area contributed by atoms with Crippen molar-refractivity contribution < 1.29 is 9.53 Å². The highest BCUT2D eigenvalue weighted by molar-refractivity contribution is 6.30. The van der Waals surface area contributed by atoms with Gasteiger partial charge in [-0.05, 0) is 37.3 Å². The van der Waals surface area contributed by atoms with Crippen molar-refractivity contribution in [3.05, 3.63) is 58.1 Å². The van der Waals surface area contributed by atoms with Crippen LogP contribution in [0.5, 0.6) is 5.75 Å². The summed E-state index contributed by atoms with van der Waals surface area (Å²) in [5, 5.41) is 0.575. The number of aryl methyl sites for hydroxylation is 1. The molecule has 0 radical (unpaired) electrons. The molecule has 0 aliphatic heterocycles. The zero-order valence-corrected chi connectivity index (χ0v) is 12.2. The number of hydrogen-bond acceptors (Lipinski definition) is 3. The zero-order chi connectivity index (χ0) is 14.7. The van der Waals surface area contributed by atoms with Gasteiger partial charge in [-0.15, -0.1) is 0 Å². The molecule has 0 atom stereocenters. The number of benzene rings is 2. The maximum absolute atomic E-state index is 12.4. The van der Waals surface area contributed by atoms with Crippen LogP contribution in [0.25, 0.3) is 0 Å². The van der Waals surface area contributed by atoms with Crippen molar-refractivity contribution >= 4 is 23.1 Å². The van der Waals surface area contributed by atoms with E-state index in [1.54, 1.807) is 37.4 Å². The number of carbonyl (C=O) groups is 1. The van der Waals surface area contributed by atoms with Crippen LogP contribution in [0, 0.1) is 6.92 Å². The Labute approximate surface area is 123 Å². The van der Waals surface area contributed by atoms with Gasteiger partial charge in [-0.25, -0.2) is 0 Å². The van der Waals surface area contributed by atoms with Crippen molar-refractivity contribution in [2.75, 3.05) is 12.8 Å². The van der Waals surface area contributed by atoms with Crippen LogP contribution in [0.15, 0.2) is 36.4 Å². The average molecular weight is 290 g/mol. The van der Waals surface area contributed by atoms with Crippen LogP contribution in [0.2, 0.25) is 5.02 Å². The van der Waals surface area contributed by atoms with Gasteiger partial charge >= 0.3 is 0 Å². The Morgan fingerprint density at radius 2 is 2.00 bits per heavy atom. The molecule has 0 unspecified atom stereocenters. The minimum Gasteiger partial charge on any atom is -0.496 e. The van der Waals surface area contributed by atoms with E-state index < -0.39 is 0 Å². The van der Waals surface area contributed by atoms with E-state index in [9.17, 15) is 4.79 Å². The molecule has 0 amide bonds. The smallest absolute Gasteiger partial charge is 0.169 e. The summed E-state index contributed by atoms with van der Waals surface area (Å²) in [5.41, 5.74) is 8.64. The third-order valence-electron chi connectivity index (χ3n) is 3.10. The minimum atomic E-state index is -0.0493. The normalized spacial score (nSPS) is 10.3. The van der Waals surface area contributed by atoms with Gasteiger partial charge in [-0.1, -0.05) is 23.2 Å². The number of rotatable bonds is 4. The summed E-state index contributed by atoms with van der Waals surface area (Å²) in [6, 6.07) is 10.7. The molecule has 0 saturated carbocycles. The van der Waals surface area contributed by atoms with Gasteiger partial charge in [0.05, 0.1) is 7.11 Å². The maximum Gasteiger partial charge on any atom is 0.169 e. The van der Waals surface area contributed by atoms with Crippen molar-refractivity contribution in [2.24, 2.45) is 0 Å². The van der Waals surface area contributed by atoms with E-state index in [1.807, 2.05) is 13.0 Å². The first-order valence-corrected chi connectivity index (χ1v) is 6.61. The fourth-order valence-corrected chi connectivity index (χ4v) is 2.26. The first kappa shape index (κ1) is 14.4. The predicted molar refractivity (Wildman–Crippen MR) is 81.6 cm³/mol. The van der Waals surface area contributed by atoms with Crippen molar-refractivity contribution in [3.63, 3.8) is 0 Å². The van der Waals surface area contributed by atoms with Crippen LogP contribution in [0.4, 0.5) is 5.69 Å². The molecule has 2 aromatic carbocycles. The summed E-state index contributed by atoms with van der Waals surface area (Å²) in [7, 11) is 1.57. The molecule has 2 N–H and O–H groups in total. The minimum absolute atomic E-state index is 0.0493. The fourth-order valence-electron chi connectivity index (χ4n) is 2.07. The van der Waals surface area contributed by atoms with E-state index in [-0.39, 0.29) is 12.2 Å². The number of nitrogens with two attached hydrogens (primary N) is 1. The second-order valence-corrected chi connectivity index (χ2v) is 5.08. The van der Waals surface area contributed by atoms with Gasteiger partial charge in [0.15, 0.2) is 5.78 Å². The summed E-state index contributed by atoms with van der Waals surface area (Å²) in [4.78, 5) is 12.4. The largest absolute Gasteiger partial charge is 0.496 e. The lowest BCUT2D eigenvalue weighted by atomic mass is 9.99. The van der Waals surface area contributed by atoms with Gasteiger partial charge in [0, 0.05) is 28.3 Å². The quantitative estimate of drug-likeness (QED) is 0.690. The number of nitrogen functional groups attached to an aromatic ring is 1. The molecule has 0 bridgehead atoms. The van der Waals surface area contributed by atoms with Gasteiger partial charge in [0.2, 0.25) is 0 Å². The van der Waals surface area contributed by atoms with Crippen molar-refractivity contribution in [1.29, 1.82) is 0 Å². The molecule has 0 aliphatic rings. The first-order chi connectivity index (χ1) is 9.51. The van der Waals surface area contributed by atoms with E-state index in [1.165, 1.54) is 0 Å². The van der Waals surface area contributed by atoms with Crippen LogP contribution in [0.1, 0.15) is 21.5 Å². The monoisotopic (exact) mass is 289 g/mol. The van der Waals surface area contributed by atoms with Crippen LogP contribution in [-0.4, -0.2) is 12.9 Å². The van der Waals surface area contributed by atoms with E-state index >= 15 is 0 Å². The summed E-state index contributed by atoms with van der Waals surface area (Å²) >= 11 is 5.97. The molecule has 0 spiro atoms.